The monoisotopic (exact) mass is 276 g/mol. The van der Waals surface area contributed by atoms with Crippen molar-refractivity contribution in [2.24, 2.45) is 17.8 Å². The highest BCUT2D eigenvalue weighted by Gasteiger charge is 2.56. The first-order valence-electron chi connectivity index (χ1n) is 8.72. The molecule has 4 aliphatic rings. The quantitative estimate of drug-likeness (QED) is 0.430. The molecule has 0 aromatic rings. The Morgan fingerprint density at radius 1 is 1.00 bits per heavy atom. The zero-order chi connectivity index (χ0) is 13.5. The van der Waals surface area contributed by atoms with Crippen LogP contribution < -0.4 is 0 Å². The fourth-order valence-corrected chi connectivity index (χ4v) is 9.33. The largest absolute Gasteiger partial charge is 0.0981 e. The third-order valence-electron chi connectivity index (χ3n) is 6.66. The van der Waals surface area contributed by atoms with Gasteiger partial charge < -0.3 is 0 Å². The van der Waals surface area contributed by atoms with E-state index in [1.165, 1.54) is 19.3 Å². The third kappa shape index (κ3) is 2.48. The van der Waals surface area contributed by atoms with E-state index in [2.05, 4.69) is 31.8 Å². The molecule has 108 valence electrons. The topological polar surface area (TPSA) is 0 Å². The van der Waals surface area contributed by atoms with Crippen LogP contribution in [0.15, 0.2) is 11.8 Å². The number of hydrogen-bond acceptors (Lipinski definition) is 0. The van der Waals surface area contributed by atoms with Crippen LogP contribution in [0, 0.1) is 17.8 Å². The van der Waals surface area contributed by atoms with Gasteiger partial charge in [-0.3, -0.25) is 0 Å². The molecule has 4 aliphatic carbocycles. The van der Waals surface area contributed by atoms with Crippen LogP contribution in [0.5, 0.6) is 0 Å². The standard InChI is InChI=1S/C18H32Si/c1-4-5-6-7-8-19(2,3)18-12-15-9-16(13-18)11-17(10-15)14-18/h7-8,15-17H,4-6,9-14H2,1-3H3. The van der Waals surface area contributed by atoms with E-state index in [1.54, 1.807) is 38.5 Å². The molecule has 0 nitrogen and oxygen atoms in total. The van der Waals surface area contributed by atoms with Gasteiger partial charge in [0.15, 0.2) is 0 Å². The van der Waals surface area contributed by atoms with E-state index in [9.17, 15) is 0 Å². The summed E-state index contributed by atoms with van der Waals surface area (Å²) in [4.78, 5) is 0. The maximum atomic E-state index is 2.73. The van der Waals surface area contributed by atoms with E-state index < -0.39 is 8.07 Å². The third-order valence-corrected chi connectivity index (χ3v) is 11.1. The van der Waals surface area contributed by atoms with Crippen molar-refractivity contribution in [3.05, 3.63) is 11.8 Å². The Hall–Kier alpha value is -0.0431. The van der Waals surface area contributed by atoms with Crippen LogP contribution in [0.3, 0.4) is 0 Å². The molecule has 4 bridgehead atoms. The van der Waals surface area contributed by atoms with Crippen LogP contribution in [0.1, 0.15) is 64.7 Å². The smallest absolute Gasteiger partial charge is 0.0774 e. The minimum atomic E-state index is -1.19. The van der Waals surface area contributed by atoms with Crippen molar-refractivity contribution in [1.29, 1.82) is 0 Å². The first kappa shape index (κ1) is 13.9. The lowest BCUT2D eigenvalue weighted by Gasteiger charge is -2.61. The lowest BCUT2D eigenvalue weighted by Crippen LogP contribution is -2.53. The summed E-state index contributed by atoms with van der Waals surface area (Å²) in [6.45, 7) is 7.64. The van der Waals surface area contributed by atoms with Gasteiger partial charge in [0.05, 0.1) is 8.07 Å². The highest BCUT2D eigenvalue weighted by atomic mass is 28.3. The van der Waals surface area contributed by atoms with Gasteiger partial charge in [0.1, 0.15) is 0 Å². The fraction of sp³-hybridized carbons (Fsp3) is 0.889. The van der Waals surface area contributed by atoms with Crippen LogP contribution in [-0.4, -0.2) is 8.07 Å². The van der Waals surface area contributed by atoms with Crippen molar-refractivity contribution in [2.45, 2.75) is 82.8 Å². The second kappa shape index (κ2) is 5.06. The second-order valence-corrected chi connectivity index (χ2v) is 13.3. The highest BCUT2D eigenvalue weighted by molar-refractivity contribution is 6.85. The lowest BCUT2D eigenvalue weighted by molar-refractivity contribution is 0.0256. The molecule has 0 atom stereocenters. The summed E-state index contributed by atoms with van der Waals surface area (Å²) >= 11 is 0. The van der Waals surface area contributed by atoms with E-state index in [-0.39, 0.29) is 0 Å². The molecule has 1 heteroatoms. The van der Waals surface area contributed by atoms with Gasteiger partial charge in [0.25, 0.3) is 0 Å². The van der Waals surface area contributed by atoms with E-state index in [4.69, 9.17) is 0 Å². The molecule has 0 amide bonds. The summed E-state index contributed by atoms with van der Waals surface area (Å²) in [5, 5.41) is 0.796. The van der Waals surface area contributed by atoms with Crippen molar-refractivity contribution in [2.75, 3.05) is 0 Å². The highest BCUT2D eigenvalue weighted by Crippen LogP contribution is 2.67. The minimum absolute atomic E-state index is 0.796. The Morgan fingerprint density at radius 3 is 2.00 bits per heavy atom. The van der Waals surface area contributed by atoms with Crippen molar-refractivity contribution in [3.8, 4) is 0 Å². The molecular weight excluding hydrogens is 244 g/mol. The summed E-state index contributed by atoms with van der Waals surface area (Å²) in [5.74, 6) is 3.34. The van der Waals surface area contributed by atoms with Crippen molar-refractivity contribution < 1.29 is 0 Å². The van der Waals surface area contributed by atoms with Crippen molar-refractivity contribution in [3.63, 3.8) is 0 Å². The normalized spacial score (nSPS) is 41.3. The molecule has 0 heterocycles. The van der Waals surface area contributed by atoms with Gasteiger partial charge in [-0.25, -0.2) is 0 Å². The molecule has 0 radical (unpaired) electrons. The number of unbranched alkanes of at least 4 members (excludes halogenated alkanes) is 2. The maximum Gasteiger partial charge on any atom is 0.0774 e. The molecule has 0 spiro atoms. The van der Waals surface area contributed by atoms with E-state index in [1.807, 2.05) is 0 Å². The van der Waals surface area contributed by atoms with E-state index >= 15 is 0 Å². The van der Waals surface area contributed by atoms with Gasteiger partial charge in [0, 0.05) is 0 Å². The number of hydrogen-bond donors (Lipinski definition) is 0. The molecule has 0 aromatic heterocycles. The van der Waals surface area contributed by atoms with Gasteiger partial charge >= 0.3 is 0 Å². The van der Waals surface area contributed by atoms with Crippen molar-refractivity contribution in [1.82, 2.24) is 0 Å². The predicted octanol–water partition coefficient (Wildman–Crippen LogP) is 5.95. The van der Waals surface area contributed by atoms with Crippen LogP contribution in [0.4, 0.5) is 0 Å². The maximum absolute atomic E-state index is 2.73. The van der Waals surface area contributed by atoms with Gasteiger partial charge in [-0.1, -0.05) is 44.6 Å². The number of allylic oxidation sites excluding steroid dienone is 1. The van der Waals surface area contributed by atoms with E-state index in [0.29, 0.717) is 0 Å². The second-order valence-electron chi connectivity index (χ2n) is 8.46. The molecular formula is C18H32Si. The molecule has 0 aliphatic heterocycles. The Bertz CT molecular complexity index is 317. The molecule has 0 saturated heterocycles. The number of rotatable bonds is 5. The first-order chi connectivity index (χ1) is 9.05. The average Bonchev–Trinajstić information content (AvgIpc) is 2.33. The van der Waals surface area contributed by atoms with Crippen LogP contribution in [0.2, 0.25) is 18.1 Å². The predicted molar refractivity (Wildman–Crippen MR) is 87.0 cm³/mol. The molecule has 4 rings (SSSR count). The molecule has 19 heavy (non-hydrogen) atoms. The Balaban J connectivity index is 1.74. The zero-order valence-corrected chi connectivity index (χ0v) is 14.3. The Labute approximate surface area is 121 Å². The fourth-order valence-electron chi connectivity index (χ4n) is 5.78. The summed E-state index contributed by atoms with van der Waals surface area (Å²) in [6.07, 6.45) is 16.1. The van der Waals surface area contributed by atoms with E-state index in [0.717, 1.165) is 22.8 Å². The zero-order valence-electron chi connectivity index (χ0n) is 13.3. The van der Waals surface area contributed by atoms with Gasteiger partial charge in [0.2, 0.25) is 0 Å². The molecule has 0 N–H and O–H groups in total. The Kier molecular flexibility index (Phi) is 3.70. The molecule has 4 fully saturated rings. The van der Waals surface area contributed by atoms with Crippen LogP contribution in [0.25, 0.3) is 0 Å². The van der Waals surface area contributed by atoms with Crippen LogP contribution in [-0.2, 0) is 0 Å². The van der Waals surface area contributed by atoms with Crippen LogP contribution >= 0.6 is 0 Å². The van der Waals surface area contributed by atoms with Gasteiger partial charge in [-0.15, -0.1) is 0 Å². The average molecular weight is 277 g/mol. The van der Waals surface area contributed by atoms with Gasteiger partial charge in [-0.05, 0) is 67.7 Å². The minimum Gasteiger partial charge on any atom is -0.0981 e. The van der Waals surface area contributed by atoms with Gasteiger partial charge in [-0.2, -0.15) is 0 Å². The molecule has 0 unspecified atom stereocenters. The summed E-state index contributed by atoms with van der Waals surface area (Å²) in [6, 6.07) is 0. The SMILES string of the molecule is CCCCC=C[Si](C)(C)C12CC3CC(CC(C3)C1)C2. The summed E-state index contributed by atoms with van der Waals surface area (Å²) < 4.78 is 0. The van der Waals surface area contributed by atoms with Crippen molar-refractivity contribution >= 4 is 8.07 Å². The summed E-state index contributed by atoms with van der Waals surface area (Å²) in [5.41, 5.74) is 2.73. The lowest BCUT2D eigenvalue weighted by atomic mass is 9.56. The Morgan fingerprint density at radius 2 is 1.53 bits per heavy atom. The first-order valence-corrected chi connectivity index (χ1v) is 11.8. The molecule has 0 aromatic carbocycles. The summed E-state index contributed by atoms with van der Waals surface area (Å²) in [7, 11) is -1.19. The molecule has 4 saturated carbocycles.